The molecule has 4 rings (SSSR count). The fraction of sp³-hybridized carbons (Fsp3) is 0.231. The van der Waals surface area contributed by atoms with Crippen molar-refractivity contribution < 1.29 is 14.3 Å². The molecule has 6 heteroatoms. The third-order valence-corrected chi connectivity index (χ3v) is 6.27. The molecule has 0 aliphatic carbocycles. The minimum atomic E-state index is -0.188. The summed E-state index contributed by atoms with van der Waals surface area (Å²) in [5.41, 5.74) is 3.03. The number of carbonyl (C=O) groups is 2. The molecule has 1 aliphatic heterocycles. The van der Waals surface area contributed by atoms with Gasteiger partial charge in [-0.25, -0.2) is 0 Å². The Labute approximate surface area is 192 Å². The summed E-state index contributed by atoms with van der Waals surface area (Å²) in [6.45, 7) is 1.96. The Morgan fingerprint density at radius 2 is 1.56 bits per heavy atom. The van der Waals surface area contributed by atoms with Gasteiger partial charge in [-0.15, -0.1) is 0 Å². The first-order valence-electron chi connectivity index (χ1n) is 10.7. The van der Waals surface area contributed by atoms with Gasteiger partial charge in [-0.2, -0.15) is 11.8 Å². The number of para-hydroxylation sites is 1. The Kier molecular flexibility index (Phi) is 7.46. The number of amides is 2. The monoisotopic (exact) mass is 446 g/mol. The number of hydrogen-bond donors (Lipinski definition) is 1. The zero-order chi connectivity index (χ0) is 22.2. The minimum absolute atomic E-state index is 0.162. The Bertz CT molecular complexity index is 1050. The number of hydrogen-bond acceptors (Lipinski definition) is 4. The first-order valence-corrected chi connectivity index (χ1v) is 11.9. The van der Waals surface area contributed by atoms with Crippen LogP contribution in [-0.4, -0.2) is 41.3 Å². The number of nitrogens with one attached hydrogen (secondary N) is 1. The van der Waals surface area contributed by atoms with Crippen molar-refractivity contribution in [1.29, 1.82) is 0 Å². The van der Waals surface area contributed by atoms with Crippen molar-refractivity contribution in [3.8, 4) is 5.75 Å². The van der Waals surface area contributed by atoms with Gasteiger partial charge < -0.3 is 15.0 Å². The normalized spacial score (nSPS) is 13.4. The maximum atomic E-state index is 12.9. The molecule has 0 radical (unpaired) electrons. The molecule has 3 aromatic rings. The molecule has 1 N–H and O–H groups in total. The van der Waals surface area contributed by atoms with Gasteiger partial charge in [0.1, 0.15) is 12.4 Å². The summed E-state index contributed by atoms with van der Waals surface area (Å²) >= 11 is 1.89. The predicted molar refractivity (Wildman–Crippen MR) is 129 cm³/mol. The minimum Gasteiger partial charge on any atom is -0.489 e. The lowest BCUT2D eigenvalue weighted by Crippen LogP contribution is -2.38. The van der Waals surface area contributed by atoms with E-state index in [9.17, 15) is 9.59 Å². The van der Waals surface area contributed by atoms with E-state index < -0.39 is 0 Å². The van der Waals surface area contributed by atoms with Crippen LogP contribution in [0.5, 0.6) is 5.75 Å². The van der Waals surface area contributed by atoms with Crippen LogP contribution < -0.4 is 10.1 Å². The summed E-state index contributed by atoms with van der Waals surface area (Å²) in [6.07, 6.45) is 0.387. The fourth-order valence-corrected chi connectivity index (χ4v) is 4.45. The van der Waals surface area contributed by atoms with Crippen LogP contribution in [0.25, 0.3) is 0 Å². The van der Waals surface area contributed by atoms with Gasteiger partial charge in [0.25, 0.3) is 5.91 Å². The fourth-order valence-electron chi connectivity index (χ4n) is 3.55. The molecule has 3 aromatic carbocycles. The van der Waals surface area contributed by atoms with E-state index in [2.05, 4.69) is 5.32 Å². The van der Waals surface area contributed by atoms with E-state index in [1.54, 1.807) is 6.07 Å². The number of nitrogens with zero attached hydrogens (tertiary/aromatic N) is 1. The molecular formula is C26H26N2O3S. The highest BCUT2D eigenvalue weighted by Crippen LogP contribution is 2.18. The van der Waals surface area contributed by atoms with E-state index in [0.717, 1.165) is 41.5 Å². The summed E-state index contributed by atoms with van der Waals surface area (Å²) in [5.74, 6) is 2.75. The summed E-state index contributed by atoms with van der Waals surface area (Å²) in [6, 6.07) is 24.4. The molecule has 2 amide bonds. The number of thioether (sulfide) groups is 1. The quantitative estimate of drug-likeness (QED) is 0.575. The smallest absolute Gasteiger partial charge is 0.256 e. The third kappa shape index (κ3) is 5.92. The second-order valence-corrected chi connectivity index (χ2v) is 8.80. The van der Waals surface area contributed by atoms with Crippen LogP contribution in [0.3, 0.4) is 0 Å². The Balaban J connectivity index is 1.36. The van der Waals surface area contributed by atoms with Gasteiger partial charge >= 0.3 is 0 Å². The Hall–Kier alpha value is -3.25. The summed E-state index contributed by atoms with van der Waals surface area (Å²) in [7, 11) is 0. The highest BCUT2D eigenvalue weighted by atomic mass is 32.2. The zero-order valence-electron chi connectivity index (χ0n) is 17.8. The lowest BCUT2D eigenvalue weighted by Gasteiger charge is -2.26. The third-order valence-electron chi connectivity index (χ3n) is 5.33. The van der Waals surface area contributed by atoms with Crippen LogP contribution in [0.4, 0.5) is 5.69 Å². The maximum Gasteiger partial charge on any atom is 0.256 e. The molecule has 1 aliphatic rings. The average Bonchev–Trinajstić information content (AvgIpc) is 2.85. The Morgan fingerprint density at radius 3 is 2.31 bits per heavy atom. The van der Waals surface area contributed by atoms with Crippen LogP contribution in [0.15, 0.2) is 78.9 Å². The van der Waals surface area contributed by atoms with Crippen molar-refractivity contribution in [2.45, 2.75) is 13.0 Å². The molecule has 0 aromatic heterocycles. The molecule has 164 valence electrons. The molecule has 0 saturated carbocycles. The molecular weight excluding hydrogens is 420 g/mol. The van der Waals surface area contributed by atoms with E-state index in [1.807, 2.05) is 89.5 Å². The first-order chi connectivity index (χ1) is 15.7. The van der Waals surface area contributed by atoms with Crippen molar-refractivity contribution in [3.63, 3.8) is 0 Å². The van der Waals surface area contributed by atoms with Crippen LogP contribution in [0.2, 0.25) is 0 Å². The molecule has 1 saturated heterocycles. The molecule has 0 atom stereocenters. The number of rotatable bonds is 7. The zero-order valence-corrected chi connectivity index (χ0v) is 18.6. The average molecular weight is 447 g/mol. The molecule has 1 heterocycles. The summed E-state index contributed by atoms with van der Waals surface area (Å²) in [5, 5.41) is 2.95. The predicted octanol–water partition coefficient (Wildman–Crippen LogP) is 4.64. The first kappa shape index (κ1) is 22.0. The van der Waals surface area contributed by atoms with E-state index in [4.69, 9.17) is 4.74 Å². The van der Waals surface area contributed by atoms with Crippen molar-refractivity contribution >= 4 is 29.3 Å². The molecule has 0 bridgehead atoms. The molecule has 0 spiro atoms. The lowest BCUT2D eigenvalue weighted by atomic mass is 10.1. The van der Waals surface area contributed by atoms with Crippen LogP contribution in [0, 0.1) is 0 Å². The van der Waals surface area contributed by atoms with Crippen LogP contribution >= 0.6 is 11.8 Å². The van der Waals surface area contributed by atoms with E-state index >= 15 is 0 Å². The van der Waals surface area contributed by atoms with Crippen molar-refractivity contribution in [1.82, 2.24) is 4.90 Å². The molecule has 0 unspecified atom stereocenters. The number of ether oxygens (including phenoxy) is 1. The van der Waals surface area contributed by atoms with Crippen molar-refractivity contribution in [2.75, 3.05) is 29.9 Å². The van der Waals surface area contributed by atoms with E-state index in [-0.39, 0.29) is 11.8 Å². The van der Waals surface area contributed by atoms with E-state index in [0.29, 0.717) is 24.3 Å². The number of anilines is 1. The SMILES string of the molecule is O=C(Nc1ccc(CC(=O)N2CCSCC2)cc1)c1ccccc1COc1ccccc1. The highest BCUT2D eigenvalue weighted by Gasteiger charge is 2.17. The van der Waals surface area contributed by atoms with Gasteiger partial charge in [0.05, 0.1) is 6.42 Å². The second kappa shape index (κ2) is 10.9. The van der Waals surface area contributed by atoms with Gasteiger partial charge in [-0.1, -0.05) is 48.5 Å². The van der Waals surface area contributed by atoms with Crippen molar-refractivity contribution in [3.05, 3.63) is 95.6 Å². The summed E-state index contributed by atoms with van der Waals surface area (Å²) < 4.78 is 5.82. The standard InChI is InChI=1S/C26H26N2O3S/c29-25(28-14-16-32-17-15-28)18-20-10-12-22(13-11-20)27-26(30)24-9-5-4-6-21(24)19-31-23-7-2-1-3-8-23/h1-13H,14-19H2,(H,27,30). The highest BCUT2D eigenvalue weighted by molar-refractivity contribution is 7.99. The van der Waals surface area contributed by atoms with Crippen molar-refractivity contribution in [2.24, 2.45) is 0 Å². The maximum absolute atomic E-state index is 12.9. The molecule has 32 heavy (non-hydrogen) atoms. The Morgan fingerprint density at radius 1 is 0.875 bits per heavy atom. The topological polar surface area (TPSA) is 58.6 Å². The summed E-state index contributed by atoms with van der Waals surface area (Å²) in [4.78, 5) is 27.3. The number of benzene rings is 3. The molecule has 5 nitrogen and oxygen atoms in total. The number of carbonyl (C=O) groups excluding carboxylic acids is 2. The van der Waals surface area contributed by atoms with Gasteiger partial charge in [0.2, 0.25) is 5.91 Å². The van der Waals surface area contributed by atoms with Gasteiger partial charge in [-0.05, 0) is 35.9 Å². The van der Waals surface area contributed by atoms with Gasteiger partial charge in [-0.3, -0.25) is 9.59 Å². The van der Waals surface area contributed by atoms with Gasteiger partial charge in [0, 0.05) is 41.4 Å². The van der Waals surface area contributed by atoms with Crippen LogP contribution in [0.1, 0.15) is 21.5 Å². The molecule has 1 fully saturated rings. The largest absolute Gasteiger partial charge is 0.489 e. The van der Waals surface area contributed by atoms with E-state index in [1.165, 1.54) is 0 Å². The van der Waals surface area contributed by atoms with Gasteiger partial charge in [0.15, 0.2) is 0 Å². The lowest BCUT2D eigenvalue weighted by molar-refractivity contribution is -0.130. The van der Waals surface area contributed by atoms with Crippen LogP contribution in [-0.2, 0) is 17.8 Å². The second-order valence-electron chi connectivity index (χ2n) is 7.58.